The number of fused-ring (bicyclic) bond motifs is 4. The highest BCUT2D eigenvalue weighted by Crippen LogP contribution is 2.28. The van der Waals surface area contributed by atoms with Crippen molar-refractivity contribution in [1.29, 1.82) is 0 Å². The third kappa shape index (κ3) is 2.22. The smallest absolute Gasteiger partial charge is 0.262 e. The molecule has 1 fully saturated rings. The SMILES string of the molecule is C[C@@H](N)c1cc(F)cc2c(=O)n3c(nc12)N1CCOC[C@@H]1CC3. The van der Waals surface area contributed by atoms with Crippen molar-refractivity contribution >= 4 is 16.9 Å². The summed E-state index contributed by atoms with van der Waals surface area (Å²) in [5.74, 6) is 0.194. The topological polar surface area (TPSA) is 73.4 Å². The monoisotopic (exact) mass is 318 g/mol. The molecule has 2 atom stereocenters. The second-order valence-corrected chi connectivity index (χ2v) is 6.26. The number of benzene rings is 1. The number of ether oxygens (including phenoxy) is 1. The number of hydrogen-bond donors (Lipinski definition) is 1. The van der Waals surface area contributed by atoms with Crippen molar-refractivity contribution < 1.29 is 9.13 Å². The molecule has 1 aromatic carbocycles. The van der Waals surface area contributed by atoms with E-state index in [2.05, 4.69) is 4.90 Å². The van der Waals surface area contributed by atoms with E-state index in [-0.39, 0.29) is 11.6 Å². The Kier molecular flexibility index (Phi) is 3.35. The highest BCUT2D eigenvalue weighted by molar-refractivity contribution is 5.83. The van der Waals surface area contributed by atoms with E-state index in [0.717, 1.165) is 6.42 Å². The molecule has 6 nitrogen and oxygen atoms in total. The molecule has 0 saturated carbocycles. The number of nitrogens with two attached hydrogens (primary N) is 1. The van der Waals surface area contributed by atoms with Gasteiger partial charge >= 0.3 is 0 Å². The van der Waals surface area contributed by atoms with E-state index in [4.69, 9.17) is 15.5 Å². The van der Waals surface area contributed by atoms with E-state index in [1.807, 2.05) is 0 Å². The van der Waals surface area contributed by atoms with Crippen LogP contribution in [0, 0.1) is 5.82 Å². The molecule has 0 unspecified atom stereocenters. The highest BCUT2D eigenvalue weighted by atomic mass is 19.1. The molecule has 1 saturated heterocycles. The van der Waals surface area contributed by atoms with Gasteiger partial charge in [-0.05, 0) is 31.0 Å². The molecule has 2 N–H and O–H groups in total. The lowest BCUT2D eigenvalue weighted by molar-refractivity contribution is 0.0844. The van der Waals surface area contributed by atoms with E-state index in [1.54, 1.807) is 11.5 Å². The van der Waals surface area contributed by atoms with Crippen LogP contribution in [0.4, 0.5) is 10.3 Å². The number of rotatable bonds is 1. The molecule has 0 amide bonds. The minimum atomic E-state index is -0.454. The molecule has 7 heteroatoms. The van der Waals surface area contributed by atoms with Crippen LogP contribution in [0.5, 0.6) is 0 Å². The van der Waals surface area contributed by atoms with Crippen molar-refractivity contribution in [2.75, 3.05) is 24.7 Å². The zero-order chi connectivity index (χ0) is 16.1. The maximum absolute atomic E-state index is 13.9. The Morgan fingerprint density at radius 2 is 2.26 bits per heavy atom. The molecular weight excluding hydrogens is 299 g/mol. The Morgan fingerprint density at radius 1 is 1.43 bits per heavy atom. The van der Waals surface area contributed by atoms with Gasteiger partial charge in [-0.1, -0.05) is 0 Å². The van der Waals surface area contributed by atoms with Crippen LogP contribution in [0.15, 0.2) is 16.9 Å². The number of morpholine rings is 1. The first-order valence-electron chi connectivity index (χ1n) is 7.90. The van der Waals surface area contributed by atoms with Crippen molar-refractivity contribution in [2.24, 2.45) is 5.73 Å². The van der Waals surface area contributed by atoms with Gasteiger partial charge in [0, 0.05) is 19.1 Å². The molecular formula is C16H19FN4O2. The van der Waals surface area contributed by atoms with Crippen LogP contribution >= 0.6 is 0 Å². The van der Waals surface area contributed by atoms with Crippen molar-refractivity contribution in [2.45, 2.75) is 32.0 Å². The van der Waals surface area contributed by atoms with Crippen molar-refractivity contribution in [1.82, 2.24) is 9.55 Å². The van der Waals surface area contributed by atoms with Crippen LogP contribution in [-0.4, -0.2) is 35.4 Å². The molecule has 2 aromatic rings. The van der Waals surface area contributed by atoms with Gasteiger partial charge < -0.3 is 15.4 Å². The van der Waals surface area contributed by atoms with Gasteiger partial charge in [-0.25, -0.2) is 9.37 Å². The van der Waals surface area contributed by atoms with Gasteiger partial charge in [0.15, 0.2) is 0 Å². The molecule has 0 radical (unpaired) electrons. The summed E-state index contributed by atoms with van der Waals surface area (Å²) in [5.41, 5.74) is 6.83. The summed E-state index contributed by atoms with van der Waals surface area (Å²) in [4.78, 5) is 19.7. The number of anilines is 1. The zero-order valence-corrected chi connectivity index (χ0v) is 13.0. The van der Waals surface area contributed by atoms with E-state index in [9.17, 15) is 9.18 Å². The standard InChI is InChI=1S/C16H19FN4O2/c1-9(18)12-6-10(17)7-13-14(12)19-16-20-4-5-23-8-11(20)2-3-21(16)15(13)22/h6-7,9,11H,2-5,8,18H2,1H3/t9-,11+/m1/s1. The summed E-state index contributed by atoms with van der Waals surface area (Å²) in [6.07, 6.45) is 0.829. The van der Waals surface area contributed by atoms with Crippen LogP contribution in [0.2, 0.25) is 0 Å². The average molecular weight is 318 g/mol. The summed E-state index contributed by atoms with van der Waals surface area (Å²) < 4.78 is 21.1. The summed E-state index contributed by atoms with van der Waals surface area (Å²) in [6.45, 7) is 4.32. The first kappa shape index (κ1) is 14.6. The van der Waals surface area contributed by atoms with Gasteiger partial charge in [0.25, 0.3) is 5.56 Å². The second kappa shape index (κ2) is 5.28. The predicted molar refractivity (Wildman–Crippen MR) is 85.1 cm³/mol. The molecule has 1 aromatic heterocycles. The van der Waals surface area contributed by atoms with Gasteiger partial charge in [0.2, 0.25) is 5.95 Å². The third-order valence-electron chi connectivity index (χ3n) is 4.69. The van der Waals surface area contributed by atoms with Crippen LogP contribution in [0.25, 0.3) is 10.9 Å². The fourth-order valence-electron chi connectivity index (χ4n) is 3.51. The Morgan fingerprint density at radius 3 is 3.04 bits per heavy atom. The van der Waals surface area contributed by atoms with Gasteiger partial charge in [-0.15, -0.1) is 0 Å². The van der Waals surface area contributed by atoms with Crippen LogP contribution < -0.4 is 16.2 Å². The normalized spacial score (nSPS) is 21.9. The maximum atomic E-state index is 13.9. The first-order chi connectivity index (χ1) is 11.1. The lowest BCUT2D eigenvalue weighted by atomic mass is 10.0. The lowest BCUT2D eigenvalue weighted by Crippen LogP contribution is -2.52. The summed E-state index contributed by atoms with van der Waals surface area (Å²) >= 11 is 0. The average Bonchev–Trinajstić information content (AvgIpc) is 2.55. The van der Waals surface area contributed by atoms with Crippen LogP contribution in [0.3, 0.4) is 0 Å². The summed E-state index contributed by atoms with van der Waals surface area (Å²) in [7, 11) is 0. The molecule has 23 heavy (non-hydrogen) atoms. The Bertz CT molecular complexity index is 833. The summed E-state index contributed by atoms with van der Waals surface area (Å²) in [5, 5.41) is 0.299. The molecule has 0 aliphatic carbocycles. The number of hydrogen-bond acceptors (Lipinski definition) is 5. The second-order valence-electron chi connectivity index (χ2n) is 6.26. The summed E-state index contributed by atoms with van der Waals surface area (Å²) in [6, 6.07) is 2.48. The Balaban J connectivity index is 2.00. The molecule has 122 valence electrons. The number of nitrogens with zero attached hydrogens (tertiary/aromatic N) is 3. The Labute approximate surface area is 132 Å². The number of halogens is 1. The largest absolute Gasteiger partial charge is 0.377 e. The Hall–Kier alpha value is -1.99. The van der Waals surface area contributed by atoms with Crippen LogP contribution in [-0.2, 0) is 11.3 Å². The molecule has 2 aliphatic rings. The zero-order valence-electron chi connectivity index (χ0n) is 13.0. The van der Waals surface area contributed by atoms with Crippen molar-refractivity contribution in [3.05, 3.63) is 33.9 Å². The predicted octanol–water partition coefficient (Wildman–Crippen LogP) is 1.16. The highest BCUT2D eigenvalue weighted by Gasteiger charge is 2.32. The quantitative estimate of drug-likeness (QED) is 0.854. The van der Waals surface area contributed by atoms with Gasteiger partial charge in [-0.3, -0.25) is 9.36 Å². The first-order valence-corrected chi connectivity index (χ1v) is 7.90. The van der Waals surface area contributed by atoms with Gasteiger partial charge in [0.05, 0.1) is 30.2 Å². The third-order valence-corrected chi connectivity index (χ3v) is 4.69. The van der Waals surface area contributed by atoms with Crippen LogP contribution in [0.1, 0.15) is 24.9 Å². The fraction of sp³-hybridized carbons (Fsp3) is 0.500. The van der Waals surface area contributed by atoms with Gasteiger partial charge in [0.1, 0.15) is 5.82 Å². The molecule has 0 bridgehead atoms. The molecule has 0 spiro atoms. The molecule has 4 rings (SSSR count). The maximum Gasteiger partial charge on any atom is 0.262 e. The van der Waals surface area contributed by atoms with Crippen molar-refractivity contribution in [3.63, 3.8) is 0 Å². The fourth-order valence-corrected chi connectivity index (χ4v) is 3.51. The molecule has 2 aliphatic heterocycles. The minimum absolute atomic E-state index is 0.198. The van der Waals surface area contributed by atoms with E-state index in [0.29, 0.717) is 48.7 Å². The minimum Gasteiger partial charge on any atom is -0.377 e. The van der Waals surface area contributed by atoms with E-state index >= 15 is 0 Å². The molecule has 3 heterocycles. The van der Waals surface area contributed by atoms with E-state index < -0.39 is 11.9 Å². The van der Waals surface area contributed by atoms with E-state index in [1.165, 1.54) is 12.1 Å². The number of aromatic nitrogens is 2. The van der Waals surface area contributed by atoms with Gasteiger partial charge in [-0.2, -0.15) is 0 Å². The van der Waals surface area contributed by atoms with Crippen molar-refractivity contribution in [3.8, 4) is 0 Å². The lowest BCUT2D eigenvalue weighted by Gasteiger charge is -2.41.